The first-order chi connectivity index (χ1) is 11.3. The standard InChI is InChI=1S/C17H34N4O2S.HI/c1-6-24(23)15-9-7-8-14(10-15)20-17(18-11-13(2)3)19-12-16(22)21(4)5;/h13-15H,6-12H2,1-5H3,(H2,18,19,20);1H. The topological polar surface area (TPSA) is 73.8 Å². The molecule has 8 heteroatoms. The van der Waals surface area contributed by atoms with Crippen molar-refractivity contribution in [3.05, 3.63) is 0 Å². The van der Waals surface area contributed by atoms with Gasteiger partial charge in [0.1, 0.15) is 6.54 Å². The van der Waals surface area contributed by atoms with Crippen molar-refractivity contribution < 1.29 is 9.00 Å². The van der Waals surface area contributed by atoms with Gasteiger partial charge in [-0.15, -0.1) is 24.0 Å². The van der Waals surface area contributed by atoms with E-state index in [9.17, 15) is 9.00 Å². The molecule has 1 aliphatic rings. The van der Waals surface area contributed by atoms with Crippen LogP contribution in [0.2, 0.25) is 0 Å². The van der Waals surface area contributed by atoms with Crippen LogP contribution in [-0.2, 0) is 15.6 Å². The van der Waals surface area contributed by atoms with Gasteiger partial charge in [-0.05, 0) is 25.2 Å². The lowest BCUT2D eigenvalue weighted by Gasteiger charge is -2.30. The van der Waals surface area contributed by atoms with Crippen molar-refractivity contribution in [2.75, 3.05) is 32.9 Å². The van der Waals surface area contributed by atoms with Crippen molar-refractivity contribution in [3.8, 4) is 0 Å². The summed E-state index contributed by atoms with van der Waals surface area (Å²) in [6.45, 7) is 7.20. The minimum Gasteiger partial charge on any atom is -0.356 e. The SMILES string of the molecule is CCS(=O)C1CCCC(NC(=NCC(=O)N(C)C)NCC(C)C)C1.I. The molecular formula is C17H35IN4O2S. The summed E-state index contributed by atoms with van der Waals surface area (Å²) in [6.07, 6.45) is 4.09. The molecule has 3 unspecified atom stereocenters. The molecule has 25 heavy (non-hydrogen) atoms. The maximum absolute atomic E-state index is 12.1. The minimum atomic E-state index is -0.738. The fourth-order valence-corrected chi connectivity index (χ4v) is 4.03. The van der Waals surface area contributed by atoms with E-state index in [2.05, 4.69) is 29.5 Å². The van der Waals surface area contributed by atoms with Crippen molar-refractivity contribution >= 4 is 46.6 Å². The van der Waals surface area contributed by atoms with Crippen molar-refractivity contribution in [1.29, 1.82) is 0 Å². The first kappa shape index (κ1) is 24.6. The Morgan fingerprint density at radius 2 is 2.00 bits per heavy atom. The number of amides is 1. The number of rotatable bonds is 7. The maximum Gasteiger partial charge on any atom is 0.243 e. The van der Waals surface area contributed by atoms with E-state index in [-0.39, 0.29) is 47.7 Å². The molecule has 0 heterocycles. The van der Waals surface area contributed by atoms with Crippen LogP contribution >= 0.6 is 24.0 Å². The Morgan fingerprint density at radius 3 is 2.56 bits per heavy atom. The molecule has 2 N–H and O–H groups in total. The lowest BCUT2D eigenvalue weighted by Crippen LogP contribution is -2.47. The lowest BCUT2D eigenvalue weighted by molar-refractivity contribution is -0.127. The number of carbonyl (C=O) groups excluding carboxylic acids is 1. The van der Waals surface area contributed by atoms with Crippen LogP contribution in [0, 0.1) is 5.92 Å². The average molecular weight is 486 g/mol. The van der Waals surface area contributed by atoms with E-state index in [1.54, 1.807) is 19.0 Å². The summed E-state index contributed by atoms with van der Waals surface area (Å²) in [4.78, 5) is 17.8. The van der Waals surface area contributed by atoms with Crippen LogP contribution in [-0.4, -0.2) is 65.2 Å². The number of halogens is 1. The molecule has 0 aromatic heterocycles. The van der Waals surface area contributed by atoms with E-state index in [0.29, 0.717) is 11.9 Å². The molecule has 1 fully saturated rings. The number of nitrogens with one attached hydrogen (secondary N) is 2. The second-order valence-electron chi connectivity index (χ2n) is 7.03. The summed E-state index contributed by atoms with van der Waals surface area (Å²) >= 11 is 0. The van der Waals surface area contributed by atoms with Crippen LogP contribution in [0.15, 0.2) is 4.99 Å². The summed E-state index contributed by atoms with van der Waals surface area (Å²) in [6, 6.07) is 0.270. The largest absolute Gasteiger partial charge is 0.356 e. The highest BCUT2D eigenvalue weighted by atomic mass is 127. The Morgan fingerprint density at radius 1 is 1.32 bits per heavy atom. The monoisotopic (exact) mass is 486 g/mol. The maximum atomic E-state index is 12.1. The van der Waals surface area contributed by atoms with Crippen molar-refractivity contribution in [3.63, 3.8) is 0 Å². The fourth-order valence-electron chi connectivity index (χ4n) is 2.69. The fraction of sp³-hybridized carbons (Fsp3) is 0.882. The average Bonchev–Trinajstić information content (AvgIpc) is 2.56. The Labute approximate surface area is 172 Å². The van der Waals surface area contributed by atoms with Gasteiger partial charge in [0.2, 0.25) is 5.91 Å². The number of guanidine groups is 1. The minimum absolute atomic E-state index is 0. The van der Waals surface area contributed by atoms with Crippen LogP contribution in [0.5, 0.6) is 0 Å². The van der Waals surface area contributed by atoms with Crippen LogP contribution in [0.25, 0.3) is 0 Å². The third-order valence-corrected chi connectivity index (χ3v) is 5.91. The van der Waals surface area contributed by atoms with Gasteiger partial charge in [-0.1, -0.05) is 27.2 Å². The summed E-state index contributed by atoms with van der Waals surface area (Å²) in [5, 5.41) is 7.03. The van der Waals surface area contributed by atoms with Gasteiger partial charge < -0.3 is 15.5 Å². The summed E-state index contributed by atoms with van der Waals surface area (Å²) in [7, 11) is 2.73. The molecule has 0 aromatic rings. The van der Waals surface area contributed by atoms with E-state index < -0.39 is 10.8 Å². The molecule has 1 amide bonds. The highest BCUT2D eigenvalue weighted by molar-refractivity contribution is 14.0. The Bertz CT molecular complexity index is 458. The number of nitrogens with zero attached hydrogens (tertiary/aromatic N) is 2. The van der Waals surface area contributed by atoms with Gasteiger partial charge in [0.05, 0.1) is 0 Å². The molecule has 0 bridgehead atoms. The second-order valence-corrected chi connectivity index (χ2v) is 9.03. The molecule has 0 saturated heterocycles. The van der Waals surface area contributed by atoms with Gasteiger partial charge in [-0.25, -0.2) is 4.99 Å². The summed E-state index contributed by atoms with van der Waals surface area (Å²) in [5.41, 5.74) is 0. The number of hydrogen-bond acceptors (Lipinski definition) is 3. The first-order valence-corrected chi connectivity index (χ1v) is 10.3. The summed E-state index contributed by atoms with van der Waals surface area (Å²) in [5.74, 6) is 1.88. The predicted octanol–water partition coefficient (Wildman–Crippen LogP) is 1.96. The number of carbonyl (C=O) groups is 1. The zero-order valence-electron chi connectivity index (χ0n) is 16.2. The third-order valence-electron chi connectivity index (χ3n) is 4.17. The van der Waals surface area contributed by atoms with Gasteiger partial charge in [0.25, 0.3) is 0 Å². The van der Waals surface area contributed by atoms with Crippen LogP contribution < -0.4 is 10.6 Å². The van der Waals surface area contributed by atoms with Crippen LogP contribution in [0.4, 0.5) is 0 Å². The van der Waals surface area contributed by atoms with E-state index in [1.165, 1.54) is 0 Å². The molecule has 1 saturated carbocycles. The lowest BCUT2D eigenvalue weighted by atomic mass is 9.95. The highest BCUT2D eigenvalue weighted by Crippen LogP contribution is 2.22. The molecule has 1 aliphatic carbocycles. The van der Waals surface area contributed by atoms with Crippen molar-refractivity contribution in [2.45, 2.75) is 57.7 Å². The zero-order valence-corrected chi connectivity index (χ0v) is 19.4. The highest BCUT2D eigenvalue weighted by Gasteiger charge is 2.26. The molecule has 0 spiro atoms. The second kappa shape index (κ2) is 12.9. The Balaban J connectivity index is 0.00000576. The van der Waals surface area contributed by atoms with Crippen molar-refractivity contribution in [1.82, 2.24) is 15.5 Å². The number of aliphatic imine (C=N–C) groups is 1. The van der Waals surface area contributed by atoms with Crippen molar-refractivity contribution in [2.24, 2.45) is 10.9 Å². The number of hydrogen-bond donors (Lipinski definition) is 2. The molecular weight excluding hydrogens is 451 g/mol. The van der Waals surface area contributed by atoms with Crippen LogP contribution in [0.1, 0.15) is 46.5 Å². The van der Waals surface area contributed by atoms with Gasteiger partial charge in [-0.2, -0.15) is 0 Å². The Kier molecular flexibility index (Phi) is 12.7. The Hall–Kier alpha value is -0.380. The number of likely N-dealkylation sites (N-methyl/N-ethyl adjacent to an activating group) is 1. The zero-order chi connectivity index (χ0) is 18.1. The van der Waals surface area contributed by atoms with Gasteiger partial charge in [-0.3, -0.25) is 9.00 Å². The smallest absolute Gasteiger partial charge is 0.243 e. The molecule has 3 atom stereocenters. The quantitative estimate of drug-likeness (QED) is 0.328. The van der Waals surface area contributed by atoms with E-state index in [4.69, 9.17) is 0 Å². The predicted molar refractivity (Wildman–Crippen MR) is 117 cm³/mol. The van der Waals surface area contributed by atoms with Gasteiger partial charge >= 0.3 is 0 Å². The molecule has 0 radical (unpaired) electrons. The normalized spacial score (nSPS) is 22.1. The molecule has 0 aliphatic heterocycles. The third kappa shape index (κ3) is 9.77. The molecule has 0 aromatic carbocycles. The van der Waals surface area contributed by atoms with E-state index in [1.807, 2.05) is 6.92 Å². The molecule has 148 valence electrons. The summed E-state index contributed by atoms with van der Waals surface area (Å²) < 4.78 is 12.1. The van der Waals surface area contributed by atoms with E-state index in [0.717, 1.165) is 38.0 Å². The van der Waals surface area contributed by atoms with E-state index >= 15 is 0 Å². The molecule has 6 nitrogen and oxygen atoms in total. The first-order valence-electron chi connectivity index (χ1n) is 8.95. The van der Waals surface area contributed by atoms with Gasteiger partial charge in [0.15, 0.2) is 5.96 Å². The molecule has 1 rings (SSSR count). The van der Waals surface area contributed by atoms with Crippen LogP contribution in [0.3, 0.4) is 0 Å². The van der Waals surface area contributed by atoms with Gasteiger partial charge in [0, 0.05) is 48.5 Å².